The highest BCUT2D eigenvalue weighted by Crippen LogP contribution is 1.73. The summed E-state index contributed by atoms with van der Waals surface area (Å²) in [5.74, 6) is 0.681. The Kier molecular flexibility index (Phi) is 7.49. The van der Waals surface area contributed by atoms with Crippen molar-refractivity contribution in [3.63, 3.8) is 0 Å². The number of hydrogen-bond acceptors (Lipinski definition) is 2. The Morgan fingerprint density at radius 2 is 1.80 bits per heavy atom. The Labute approximate surface area is 64.8 Å². The molecule has 10 heavy (non-hydrogen) atoms. The summed E-state index contributed by atoms with van der Waals surface area (Å²) in [5, 5.41) is 0. The molecule has 0 saturated heterocycles. The Morgan fingerprint density at radius 3 is 1.90 bits per heavy atom. The topological polar surface area (TPSA) is 30.0 Å². The van der Waals surface area contributed by atoms with Crippen LogP contribution in [0, 0.1) is 0 Å². The van der Waals surface area contributed by atoms with Gasteiger partial charge in [-0.05, 0) is 19.1 Å². The first kappa shape index (κ1) is 9.17. The predicted octanol–water partition coefficient (Wildman–Crippen LogP) is 1.52. The Bertz CT molecular complexity index is 128. The molecule has 0 aliphatic heterocycles. The normalized spacial score (nSPS) is 7.30. The van der Waals surface area contributed by atoms with Gasteiger partial charge in [0.15, 0.2) is 0 Å². The van der Waals surface area contributed by atoms with Crippen LogP contribution in [0.15, 0.2) is 30.6 Å². The van der Waals surface area contributed by atoms with Gasteiger partial charge in [0.25, 0.3) is 0 Å². The minimum atomic E-state index is 0.606. The van der Waals surface area contributed by atoms with Crippen LogP contribution in [0.5, 0.6) is 0 Å². The smallest absolute Gasteiger partial charge is 0.265 e. The lowest BCUT2D eigenvalue weighted by Crippen LogP contribution is -1.59. The first-order valence-electron chi connectivity index (χ1n) is 3.01. The van der Waals surface area contributed by atoms with Crippen molar-refractivity contribution in [2.75, 3.05) is 5.75 Å². The molecule has 0 saturated carbocycles. The average Bonchev–Trinajstić information content (AvgIpc) is 2.08. The highest BCUT2D eigenvalue weighted by atomic mass is 32.1. The van der Waals surface area contributed by atoms with Gasteiger partial charge >= 0.3 is 11.7 Å². The first-order valence-corrected chi connectivity index (χ1v) is 3.92. The van der Waals surface area contributed by atoms with Crippen molar-refractivity contribution in [2.45, 2.75) is 6.92 Å². The Hall–Kier alpha value is -0.830. The standard InChI is InChI=1S/C5H5N.C2H5OS/c1-2-4-6-5-3-1;1-2-4-3/h1-5H;2H2,1H3/q;+1. The molecule has 2 nitrogen and oxygen atoms in total. The second-order valence-electron chi connectivity index (χ2n) is 1.43. The zero-order valence-electron chi connectivity index (χ0n) is 5.86. The zero-order valence-corrected chi connectivity index (χ0v) is 6.67. The molecule has 0 spiro atoms. The Balaban J connectivity index is 0.000000180. The molecule has 0 aliphatic carbocycles. The third kappa shape index (κ3) is 7.17. The third-order valence-corrected chi connectivity index (χ3v) is 0.920. The van der Waals surface area contributed by atoms with Crippen molar-refractivity contribution in [1.29, 1.82) is 0 Å². The van der Waals surface area contributed by atoms with E-state index in [1.54, 1.807) is 12.4 Å². The van der Waals surface area contributed by atoms with Crippen LogP contribution in [0.3, 0.4) is 0 Å². The monoisotopic (exact) mass is 156 g/mol. The molecule has 0 N–H and O–H groups in total. The van der Waals surface area contributed by atoms with Gasteiger partial charge in [0.2, 0.25) is 5.75 Å². The summed E-state index contributed by atoms with van der Waals surface area (Å²) in [6.45, 7) is 1.83. The van der Waals surface area contributed by atoms with Gasteiger partial charge in [-0.25, -0.2) is 0 Å². The molecular formula is C7H10NOS+. The quantitative estimate of drug-likeness (QED) is 0.577. The SMILES string of the molecule is CC[S+]=O.c1ccncc1. The van der Waals surface area contributed by atoms with Gasteiger partial charge in [-0.2, -0.15) is 0 Å². The molecule has 1 heterocycles. The lowest BCUT2D eigenvalue weighted by Gasteiger charge is -1.70. The van der Waals surface area contributed by atoms with E-state index in [1.165, 1.54) is 0 Å². The van der Waals surface area contributed by atoms with Gasteiger partial charge in [0, 0.05) is 16.6 Å². The van der Waals surface area contributed by atoms with E-state index in [0.29, 0.717) is 17.4 Å². The highest BCUT2D eigenvalue weighted by molar-refractivity contribution is 7.65. The fourth-order valence-electron chi connectivity index (χ4n) is 0.313. The van der Waals surface area contributed by atoms with Gasteiger partial charge in [-0.1, -0.05) is 6.07 Å². The van der Waals surface area contributed by atoms with Crippen molar-refractivity contribution in [2.24, 2.45) is 0 Å². The summed E-state index contributed by atoms with van der Waals surface area (Å²) < 4.78 is 9.22. The molecule has 0 aliphatic rings. The van der Waals surface area contributed by atoms with Crippen molar-refractivity contribution >= 4 is 11.7 Å². The minimum absolute atomic E-state index is 0.606. The first-order chi connectivity index (χ1) is 4.91. The number of hydrogen-bond donors (Lipinski definition) is 0. The van der Waals surface area contributed by atoms with Crippen LogP contribution in [0.4, 0.5) is 0 Å². The van der Waals surface area contributed by atoms with Crippen LogP contribution in [0.2, 0.25) is 0 Å². The van der Waals surface area contributed by atoms with E-state index in [1.807, 2.05) is 25.1 Å². The summed E-state index contributed by atoms with van der Waals surface area (Å²) >= 11 is 0.606. The van der Waals surface area contributed by atoms with Crippen LogP contribution in [0.1, 0.15) is 6.92 Å². The minimum Gasteiger partial charge on any atom is -0.265 e. The zero-order chi connectivity index (χ0) is 7.66. The van der Waals surface area contributed by atoms with E-state index in [4.69, 9.17) is 0 Å². The molecule has 3 heteroatoms. The van der Waals surface area contributed by atoms with Crippen molar-refractivity contribution in [1.82, 2.24) is 4.98 Å². The van der Waals surface area contributed by atoms with Crippen LogP contribution in [-0.4, -0.2) is 10.7 Å². The highest BCUT2D eigenvalue weighted by Gasteiger charge is 1.77. The fourth-order valence-corrected chi connectivity index (χ4v) is 0.313. The van der Waals surface area contributed by atoms with E-state index in [9.17, 15) is 4.21 Å². The van der Waals surface area contributed by atoms with Crippen LogP contribution in [-0.2, 0) is 15.9 Å². The van der Waals surface area contributed by atoms with Gasteiger partial charge in [-0.15, -0.1) is 0 Å². The summed E-state index contributed by atoms with van der Waals surface area (Å²) in [5.41, 5.74) is 0. The van der Waals surface area contributed by atoms with Crippen molar-refractivity contribution in [3.05, 3.63) is 30.6 Å². The summed E-state index contributed by atoms with van der Waals surface area (Å²) in [6, 6.07) is 5.72. The Morgan fingerprint density at radius 1 is 1.30 bits per heavy atom. The molecular weight excluding hydrogens is 146 g/mol. The molecule has 0 atom stereocenters. The van der Waals surface area contributed by atoms with Crippen molar-refractivity contribution < 1.29 is 4.21 Å². The van der Waals surface area contributed by atoms with Crippen LogP contribution < -0.4 is 0 Å². The van der Waals surface area contributed by atoms with E-state index < -0.39 is 0 Å². The molecule has 0 unspecified atom stereocenters. The van der Waals surface area contributed by atoms with Crippen LogP contribution >= 0.6 is 0 Å². The number of nitrogens with zero attached hydrogens (tertiary/aromatic N) is 1. The van der Waals surface area contributed by atoms with Gasteiger partial charge < -0.3 is 0 Å². The molecule has 0 fully saturated rings. The van der Waals surface area contributed by atoms with E-state index in [2.05, 4.69) is 4.98 Å². The second-order valence-corrected chi connectivity index (χ2v) is 2.24. The maximum atomic E-state index is 9.22. The molecule has 0 bridgehead atoms. The number of rotatable bonds is 1. The van der Waals surface area contributed by atoms with Gasteiger partial charge in [0.05, 0.1) is 0 Å². The fraction of sp³-hybridized carbons (Fsp3) is 0.286. The van der Waals surface area contributed by atoms with Crippen LogP contribution in [0.25, 0.3) is 0 Å². The molecule has 1 rings (SSSR count). The van der Waals surface area contributed by atoms with E-state index in [0.717, 1.165) is 0 Å². The molecule has 1 aromatic rings. The van der Waals surface area contributed by atoms with E-state index >= 15 is 0 Å². The second kappa shape index (κ2) is 8.17. The predicted molar refractivity (Wildman–Crippen MR) is 42.8 cm³/mol. The lowest BCUT2D eigenvalue weighted by molar-refractivity contribution is 0.605. The number of aromatic nitrogens is 1. The molecule has 0 radical (unpaired) electrons. The van der Waals surface area contributed by atoms with Crippen molar-refractivity contribution in [3.8, 4) is 0 Å². The molecule has 0 amide bonds. The average molecular weight is 156 g/mol. The van der Waals surface area contributed by atoms with Gasteiger partial charge in [-0.3, -0.25) is 4.98 Å². The molecule has 54 valence electrons. The van der Waals surface area contributed by atoms with Gasteiger partial charge in [0.1, 0.15) is 0 Å². The lowest BCUT2D eigenvalue weighted by atomic mass is 10.5. The summed E-state index contributed by atoms with van der Waals surface area (Å²) in [4.78, 5) is 3.78. The summed E-state index contributed by atoms with van der Waals surface area (Å²) in [7, 11) is 0. The maximum Gasteiger partial charge on any atom is 0.458 e. The third-order valence-electron chi connectivity index (χ3n) is 0.684. The summed E-state index contributed by atoms with van der Waals surface area (Å²) in [6.07, 6.45) is 3.50. The molecule has 1 aromatic heterocycles. The van der Waals surface area contributed by atoms with E-state index in [-0.39, 0.29) is 0 Å². The molecule has 0 aromatic carbocycles. The largest absolute Gasteiger partial charge is 0.458 e. The number of pyridine rings is 1. The maximum absolute atomic E-state index is 9.22.